The van der Waals surface area contributed by atoms with Gasteiger partial charge in [0.1, 0.15) is 23.0 Å². The van der Waals surface area contributed by atoms with Gasteiger partial charge in [-0.25, -0.2) is 4.98 Å². The third-order valence-electron chi connectivity index (χ3n) is 6.41. The van der Waals surface area contributed by atoms with Crippen molar-refractivity contribution in [3.8, 4) is 5.75 Å². The standard InChI is InChI=1S/C23H22N4O3/c1-14-7-8-15(13-18(14)28)21(29)27-11-9-23(19(27)20-24-10-12-26(20)2)16-5-3-4-6-17(16)25-22(23)30/h3-8,10,12-13,19,28H,9,11H2,1-2H3,(H,25,30). The van der Waals surface area contributed by atoms with Gasteiger partial charge in [0.25, 0.3) is 5.91 Å². The molecule has 1 aromatic heterocycles. The van der Waals surface area contributed by atoms with E-state index in [1.165, 1.54) is 6.07 Å². The van der Waals surface area contributed by atoms with Crippen molar-refractivity contribution in [1.29, 1.82) is 0 Å². The molecular weight excluding hydrogens is 380 g/mol. The van der Waals surface area contributed by atoms with E-state index in [0.717, 1.165) is 11.3 Å². The summed E-state index contributed by atoms with van der Waals surface area (Å²) < 4.78 is 1.86. The summed E-state index contributed by atoms with van der Waals surface area (Å²) in [5, 5.41) is 13.1. The van der Waals surface area contributed by atoms with Crippen molar-refractivity contribution in [2.75, 3.05) is 11.9 Å². The lowest BCUT2D eigenvalue weighted by molar-refractivity contribution is -0.121. The second-order valence-corrected chi connectivity index (χ2v) is 8.02. The van der Waals surface area contributed by atoms with Gasteiger partial charge in [0.2, 0.25) is 5.91 Å². The second kappa shape index (κ2) is 6.45. The number of hydrogen-bond donors (Lipinski definition) is 2. The Morgan fingerprint density at radius 3 is 2.80 bits per heavy atom. The number of imidazole rings is 1. The SMILES string of the molecule is Cc1ccc(C(=O)N2CCC3(C(=O)Nc4ccccc43)C2c2nccn2C)cc1O. The van der Waals surface area contributed by atoms with Gasteiger partial charge in [-0.1, -0.05) is 24.3 Å². The lowest BCUT2D eigenvalue weighted by Gasteiger charge is -2.33. The molecule has 0 saturated carbocycles. The number of nitrogens with zero attached hydrogens (tertiary/aromatic N) is 3. The van der Waals surface area contributed by atoms with E-state index in [4.69, 9.17) is 0 Å². The number of carbonyl (C=O) groups is 2. The number of benzene rings is 2. The zero-order valence-corrected chi connectivity index (χ0v) is 16.8. The number of phenols is 1. The first kappa shape index (κ1) is 18.4. The third kappa shape index (κ3) is 2.41. The van der Waals surface area contributed by atoms with Gasteiger partial charge in [-0.15, -0.1) is 0 Å². The van der Waals surface area contributed by atoms with Crippen LogP contribution in [0.25, 0.3) is 0 Å². The van der Waals surface area contributed by atoms with Crippen LogP contribution in [0, 0.1) is 6.92 Å². The summed E-state index contributed by atoms with van der Waals surface area (Å²) in [6.07, 6.45) is 4.00. The average molecular weight is 402 g/mol. The van der Waals surface area contributed by atoms with Crippen molar-refractivity contribution in [2.24, 2.45) is 7.05 Å². The van der Waals surface area contributed by atoms with Gasteiger partial charge in [-0.2, -0.15) is 0 Å². The number of anilines is 1. The molecule has 2 amide bonds. The number of para-hydroxylation sites is 1. The minimum atomic E-state index is -0.905. The predicted molar refractivity (Wildman–Crippen MR) is 111 cm³/mol. The van der Waals surface area contributed by atoms with Crippen molar-refractivity contribution in [2.45, 2.75) is 24.8 Å². The molecule has 0 bridgehead atoms. The number of likely N-dealkylation sites (tertiary alicyclic amines) is 1. The lowest BCUT2D eigenvalue weighted by Crippen LogP contribution is -2.43. The molecule has 152 valence electrons. The Labute approximate surface area is 174 Å². The maximum atomic E-state index is 13.5. The summed E-state index contributed by atoms with van der Waals surface area (Å²) in [4.78, 5) is 33.1. The van der Waals surface area contributed by atoms with E-state index in [1.54, 1.807) is 30.2 Å². The smallest absolute Gasteiger partial charge is 0.254 e. The molecule has 3 heterocycles. The Balaban J connectivity index is 1.67. The molecule has 2 aliphatic heterocycles. The molecular formula is C23H22N4O3. The molecule has 1 saturated heterocycles. The molecule has 3 aromatic rings. The number of hydrogen-bond acceptors (Lipinski definition) is 4. The van der Waals surface area contributed by atoms with Crippen molar-refractivity contribution >= 4 is 17.5 Å². The molecule has 2 N–H and O–H groups in total. The fraction of sp³-hybridized carbons (Fsp3) is 0.261. The van der Waals surface area contributed by atoms with Crippen molar-refractivity contribution < 1.29 is 14.7 Å². The highest BCUT2D eigenvalue weighted by atomic mass is 16.3. The zero-order valence-electron chi connectivity index (χ0n) is 16.8. The first-order chi connectivity index (χ1) is 14.4. The number of aromatic nitrogens is 2. The van der Waals surface area contributed by atoms with Crippen LogP contribution in [0.5, 0.6) is 5.75 Å². The highest BCUT2D eigenvalue weighted by Crippen LogP contribution is 2.54. The topological polar surface area (TPSA) is 87.5 Å². The maximum absolute atomic E-state index is 13.5. The van der Waals surface area contributed by atoms with Gasteiger partial charge < -0.3 is 19.9 Å². The quantitative estimate of drug-likeness (QED) is 0.690. The number of rotatable bonds is 2. The number of aryl methyl sites for hydroxylation is 2. The number of phenolic OH excluding ortho intramolecular Hbond substituents is 1. The van der Waals surface area contributed by atoms with E-state index in [0.29, 0.717) is 29.9 Å². The fourth-order valence-electron chi connectivity index (χ4n) is 4.81. The molecule has 30 heavy (non-hydrogen) atoms. The molecule has 2 unspecified atom stereocenters. The number of carbonyl (C=O) groups excluding carboxylic acids is 2. The van der Waals surface area contributed by atoms with E-state index in [9.17, 15) is 14.7 Å². The van der Waals surface area contributed by atoms with Crippen LogP contribution in [0.4, 0.5) is 5.69 Å². The largest absolute Gasteiger partial charge is 0.508 e. The van der Waals surface area contributed by atoms with Crippen molar-refractivity contribution in [3.05, 3.63) is 77.4 Å². The molecule has 2 aliphatic rings. The molecule has 0 radical (unpaired) electrons. The third-order valence-corrected chi connectivity index (χ3v) is 6.41. The Bertz CT molecular complexity index is 1180. The Morgan fingerprint density at radius 2 is 2.07 bits per heavy atom. The Morgan fingerprint density at radius 1 is 1.27 bits per heavy atom. The summed E-state index contributed by atoms with van der Waals surface area (Å²) in [5.41, 5.74) is 1.86. The summed E-state index contributed by atoms with van der Waals surface area (Å²) in [6, 6.07) is 12.0. The first-order valence-electron chi connectivity index (χ1n) is 9.92. The lowest BCUT2D eigenvalue weighted by atomic mass is 9.74. The fourth-order valence-corrected chi connectivity index (χ4v) is 4.81. The minimum Gasteiger partial charge on any atom is -0.508 e. The van der Waals surface area contributed by atoms with Crippen molar-refractivity contribution in [3.63, 3.8) is 0 Å². The van der Waals surface area contributed by atoms with E-state index < -0.39 is 11.5 Å². The minimum absolute atomic E-state index is 0.0762. The van der Waals surface area contributed by atoms with Crippen LogP contribution >= 0.6 is 0 Å². The Hall–Kier alpha value is -3.61. The van der Waals surface area contributed by atoms with E-state index in [2.05, 4.69) is 10.3 Å². The second-order valence-electron chi connectivity index (χ2n) is 8.02. The van der Waals surface area contributed by atoms with Crippen LogP contribution in [-0.4, -0.2) is 37.9 Å². The highest BCUT2D eigenvalue weighted by molar-refractivity contribution is 6.08. The summed E-state index contributed by atoms with van der Waals surface area (Å²) >= 11 is 0. The average Bonchev–Trinajstić information content (AvgIpc) is 3.41. The predicted octanol–water partition coefficient (Wildman–Crippen LogP) is 2.91. The normalized spacial score (nSPS) is 22.4. The molecule has 2 aromatic carbocycles. The van der Waals surface area contributed by atoms with Crippen LogP contribution < -0.4 is 5.32 Å². The van der Waals surface area contributed by atoms with Crippen molar-refractivity contribution in [1.82, 2.24) is 14.5 Å². The molecule has 1 spiro atoms. The highest BCUT2D eigenvalue weighted by Gasteiger charge is 2.60. The van der Waals surface area contributed by atoms with Gasteiger partial charge >= 0.3 is 0 Å². The number of aromatic hydroxyl groups is 1. The van der Waals surface area contributed by atoms with Crippen LogP contribution in [0.2, 0.25) is 0 Å². The Kier molecular flexibility index (Phi) is 3.96. The van der Waals surface area contributed by atoms with Crippen LogP contribution in [0.3, 0.4) is 0 Å². The summed E-state index contributed by atoms with van der Waals surface area (Å²) in [6.45, 7) is 2.19. The van der Waals surface area contributed by atoms with Crippen LogP contribution in [-0.2, 0) is 17.3 Å². The van der Waals surface area contributed by atoms with Crippen LogP contribution in [0.1, 0.15) is 39.8 Å². The van der Waals surface area contributed by atoms with Crippen LogP contribution in [0.15, 0.2) is 54.9 Å². The number of fused-ring (bicyclic) bond motifs is 2. The molecule has 0 aliphatic carbocycles. The maximum Gasteiger partial charge on any atom is 0.254 e. The van der Waals surface area contributed by atoms with Gasteiger partial charge in [0.15, 0.2) is 0 Å². The summed E-state index contributed by atoms with van der Waals surface area (Å²) in [7, 11) is 1.87. The molecule has 7 nitrogen and oxygen atoms in total. The van der Waals surface area contributed by atoms with Gasteiger partial charge in [0, 0.05) is 37.2 Å². The number of amides is 2. The van der Waals surface area contributed by atoms with Gasteiger partial charge in [-0.05, 0) is 42.7 Å². The van der Waals surface area contributed by atoms with E-state index in [-0.39, 0.29) is 17.6 Å². The van der Waals surface area contributed by atoms with E-state index >= 15 is 0 Å². The van der Waals surface area contributed by atoms with Gasteiger partial charge in [0.05, 0.1) is 0 Å². The molecule has 1 fully saturated rings. The molecule has 2 atom stereocenters. The summed E-state index contributed by atoms with van der Waals surface area (Å²) in [5.74, 6) is 0.391. The molecule has 5 rings (SSSR count). The molecule has 7 heteroatoms. The monoisotopic (exact) mass is 402 g/mol. The van der Waals surface area contributed by atoms with Gasteiger partial charge in [-0.3, -0.25) is 9.59 Å². The zero-order chi connectivity index (χ0) is 21.0. The number of nitrogens with one attached hydrogen (secondary N) is 1. The first-order valence-corrected chi connectivity index (χ1v) is 9.92. The van der Waals surface area contributed by atoms with E-state index in [1.807, 2.05) is 42.1 Å².